The van der Waals surface area contributed by atoms with Crippen LogP contribution in [0.15, 0.2) is 54.6 Å². The zero-order valence-corrected chi connectivity index (χ0v) is 16.1. The highest BCUT2D eigenvalue weighted by atomic mass is 16.5. The van der Waals surface area contributed by atoms with Crippen molar-refractivity contribution in [1.29, 1.82) is 0 Å². The summed E-state index contributed by atoms with van der Waals surface area (Å²) in [7, 11) is 0. The monoisotopic (exact) mass is 375 g/mol. The molecule has 5 heteroatoms. The molecule has 1 aliphatic rings. The Balaban J connectivity index is 1.49. The fraction of sp³-hybridized carbons (Fsp3) is 0.304. The van der Waals surface area contributed by atoms with Crippen molar-refractivity contribution < 1.29 is 9.53 Å². The highest BCUT2D eigenvalue weighted by molar-refractivity contribution is 5.93. The average molecular weight is 375 g/mol. The minimum absolute atomic E-state index is 0.0525. The molecule has 1 aliphatic heterocycles. The number of fused-ring (bicyclic) bond motifs is 1. The van der Waals surface area contributed by atoms with E-state index >= 15 is 0 Å². The molecule has 0 radical (unpaired) electrons. The van der Waals surface area contributed by atoms with Crippen LogP contribution in [0.25, 0.3) is 10.9 Å². The number of amides is 1. The molecule has 2 aromatic carbocycles. The second-order valence-corrected chi connectivity index (χ2v) is 7.20. The van der Waals surface area contributed by atoms with E-state index in [1.165, 1.54) is 19.3 Å². The molecule has 0 unspecified atom stereocenters. The van der Waals surface area contributed by atoms with Crippen LogP contribution >= 0.6 is 0 Å². The van der Waals surface area contributed by atoms with Gasteiger partial charge in [0, 0.05) is 24.2 Å². The van der Waals surface area contributed by atoms with Crippen LogP contribution in [0.2, 0.25) is 0 Å². The summed E-state index contributed by atoms with van der Waals surface area (Å²) in [5.74, 6) is 1.43. The first kappa shape index (κ1) is 18.3. The van der Waals surface area contributed by atoms with Gasteiger partial charge in [0.2, 0.25) is 0 Å². The number of aromatic nitrogens is 1. The van der Waals surface area contributed by atoms with Crippen LogP contribution < -0.4 is 15.0 Å². The summed E-state index contributed by atoms with van der Waals surface area (Å²) in [6.07, 6.45) is 3.70. The Bertz CT molecular complexity index is 980. The quantitative estimate of drug-likeness (QED) is 0.711. The van der Waals surface area contributed by atoms with Crippen molar-refractivity contribution >= 4 is 28.3 Å². The predicted octanol–water partition coefficient (Wildman–Crippen LogP) is 4.55. The molecule has 1 amide bonds. The van der Waals surface area contributed by atoms with E-state index in [4.69, 9.17) is 9.72 Å². The van der Waals surface area contributed by atoms with E-state index in [1.54, 1.807) is 0 Å². The van der Waals surface area contributed by atoms with Crippen molar-refractivity contribution in [3.05, 3.63) is 60.2 Å². The van der Waals surface area contributed by atoms with Crippen molar-refractivity contribution in [3.8, 4) is 5.75 Å². The molecule has 1 aromatic heterocycles. The van der Waals surface area contributed by atoms with E-state index in [0.29, 0.717) is 5.75 Å². The maximum atomic E-state index is 12.3. The Morgan fingerprint density at radius 3 is 2.68 bits per heavy atom. The molecule has 0 saturated carbocycles. The number of benzene rings is 2. The van der Waals surface area contributed by atoms with Crippen molar-refractivity contribution in [1.82, 2.24) is 4.98 Å². The van der Waals surface area contributed by atoms with E-state index in [2.05, 4.69) is 22.3 Å². The minimum Gasteiger partial charge on any atom is -0.481 e. The third-order valence-electron chi connectivity index (χ3n) is 5.13. The second-order valence-electron chi connectivity index (χ2n) is 7.20. The van der Waals surface area contributed by atoms with Gasteiger partial charge in [-0.05, 0) is 56.0 Å². The van der Waals surface area contributed by atoms with Gasteiger partial charge in [-0.1, -0.05) is 30.3 Å². The number of hydrogen-bond donors (Lipinski definition) is 1. The molecule has 4 rings (SSSR count). The number of aryl methyl sites for hydroxylation is 1. The van der Waals surface area contributed by atoms with Gasteiger partial charge in [-0.25, -0.2) is 4.98 Å². The first-order chi connectivity index (χ1) is 13.7. The lowest BCUT2D eigenvalue weighted by molar-refractivity contribution is -0.118. The number of anilines is 2. The Morgan fingerprint density at radius 1 is 1.04 bits per heavy atom. The van der Waals surface area contributed by atoms with Crippen molar-refractivity contribution in [2.45, 2.75) is 26.2 Å². The summed E-state index contributed by atoms with van der Waals surface area (Å²) in [5.41, 5.74) is 2.63. The van der Waals surface area contributed by atoms with E-state index in [9.17, 15) is 4.79 Å². The third kappa shape index (κ3) is 4.09. The van der Waals surface area contributed by atoms with Crippen LogP contribution in [-0.2, 0) is 4.79 Å². The normalized spacial score (nSPS) is 14.1. The molecular formula is C23H25N3O2. The summed E-state index contributed by atoms with van der Waals surface area (Å²) in [5, 5.41) is 3.91. The van der Waals surface area contributed by atoms with E-state index in [0.717, 1.165) is 41.1 Å². The first-order valence-corrected chi connectivity index (χ1v) is 9.84. The summed E-state index contributed by atoms with van der Waals surface area (Å²) >= 11 is 0. The molecule has 0 spiro atoms. The molecule has 3 aromatic rings. The molecule has 0 aliphatic carbocycles. The maximum Gasteiger partial charge on any atom is 0.262 e. The van der Waals surface area contributed by atoms with E-state index in [-0.39, 0.29) is 12.5 Å². The molecule has 1 fully saturated rings. The van der Waals surface area contributed by atoms with Gasteiger partial charge in [0.05, 0.1) is 0 Å². The van der Waals surface area contributed by atoms with Crippen molar-refractivity contribution in [3.63, 3.8) is 0 Å². The summed E-state index contributed by atoms with van der Waals surface area (Å²) in [6, 6.07) is 17.7. The van der Waals surface area contributed by atoms with Gasteiger partial charge in [0.1, 0.15) is 17.1 Å². The minimum atomic E-state index is -0.182. The van der Waals surface area contributed by atoms with Gasteiger partial charge in [-0.3, -0.25) is 4.79 Å². The third-order valence-corrected chi connectivity index (χ3v) is 5.13. The van der Waals surface area contributed by atoms with Crippen LogP contribution in [0, 0.1) is 6.92 Å². The van der Waals surface area contributed by atoms with Crippen LogP contribution in [-0.4, -0.2) is 30.6 Å². The van der Waals surface area contributed by atoms with Crippen molar-refractivity contribution in [2.24, 2.45) is 0 Å². The Kier molecular flexibility index (Phi) is 5.42. The predicted molar refractivity (Wildman–Crippen MR) is 113 cm³/mol. The lowest BCUT2D eigenvalue weighted by Crippen LogP contribution is -2.30. The number of ether oxygens (including phenoxy) is 1. The summed E-state index contributed by atoms with van der Waals surface area (Å²) in [4.78, 5) is 19.5. The molecule has 144 valence electrons. The van der Waals surface area contributed by atoms with E-state index in [1.807, 2.05) is 49.4 Å². The zero-order valence-electron chi connectivity index (χ0n) is 16.1. The summed E-state index contributed by atoms with van der Waals surface area (Å²) < 4.78 is 5.84. The number of nitrogens with zero attached hydrogens (tertiary/aromatic N) is 2. The largest absolute Gasteiger partial charge is 0.481 e. The molecule has 2 heterocycles. The number of carbonyl (C=O) groups excluding carboxylic acids is 1. The molecule has 5 nitrogen and oxygen atoms in total. The summed E-state index contributed by atoms with van der Waals surface area (Å²) in [6.45, 7) is 4.00. The van der Waals surface area contributed by atoms with Crippen molar-refractivity contribution in [2.75, 3.05) is 29.9 Å². The Labute approximate surface area is 165 Å². The lowest BCUT2D eigenvalue weighted by atomic mass is 10.1. The van der Waals surface area contributed by atoms with E-state index < -0.39 is 0 Å². The fourth-order valence-corrected chi connectivity index (χ4v) is 3.57. The van der Waals surface area contributed by atoms with Gasteiger partial charge in [0.25, 0.3) is 5.91 Å². The van der Waals surface area contributed by atoms with Gasteiger partial charge in [-0.15, -0.1) is 0 Å². The van der Waals surface area contributed by atoms with Crippen LogP contribution in [0.3, 0.4) is 0 Å². The van der Waals surface area contributed by atoms with Gasteiger partial charge in [-0.2, -0.15) is 0 Å². The number of nitrogens with one attached hydrogen (secondary N) is 1. The number of carbonyl (C=O) groups is 1. The zero-order chi connectivity index (χ0) is 19.3. The van der Waals surface area contributed by atoms with Crippen LogP contribution in [0.5, 0.6) is 5.75 Å². The molecule has 0 atom stereocenters. The number of para-hydroxylation sites is 2. The van der Waals surface area contributed by atoms with Gasteiger partial charge < -0.3 is 15.0 Å². The number of pyridine rings is 1. The van der Waals surface area contributed by atoms with Gasteiger partial charge >= 0.3 is 0 Å². The van der Waals surface area contributed by atoms with Crippen LogP contribution in [0.1, 0.15) is 24.8 Å². The average Bonchev–Trinajstić information content (AvgIpc) is 2.74. The highest BCUT2D eigenvalue weighted by Crippen LogP contribution is 2.27. The maximum absolute atomic E-state index is 12.3. The van der Waals surface area contributed by atoms with Crippen LogP contribution in [0.4, 0.5) is 11.5 Å². The molecule has 0 bridgehead atoms. The molecule has 28 heavy (non-hydrogen) atoms. The van der Waals surface area contributed by atoms with Gasteiger partial charge in [0.15, 0.2) is 6.61 Å². The fourth-order valence-electron chi connectivity index (χ4n) is 3.57. The SMILES string of the molecule is Cc1ccccc1NC(=O)COc1cccc2ccc(N3CCCCC3)nc12. The molecule has 1 saturated heterocycles. The highest BCUT2D eigenvalue weighted by Gasteiger charge is 2.14. The topological polar surface area (TPSA) is 54.5 Å². The number of hydrogen-bond acceptors (Lipinski definition) is 4. The lowest BCUT2D eigenvalue weighted by Gasteiger charge is -2.28. The second kappa shape index (κ2) is 8.30. The molecular weight excluding hydrogens is 350 g/mol. The standard InChI is InChI=1S/C23H25N3O2/c1-17-8-3-4-10-19(17)24-22(27)16-28-20-11-7-9-18-12-13-21(25-23(18)20)26-14-5-2-6-15-26/h3-4,7-13H,2,5-6,14-16H2,1H3,(H,24,27). The first-order valence-electron chi connectivity index (χ1n) is 9.84. The Hall–Kier alpha value is -3.08. The molecule has 1 N–H and O–H groups in total. The smallest absolute Gasteiger partial charge is 0.262 e. The Morgan fingerprint density at radius 2 is 1.86 bits per heavy atom. The number of piperidine rings is 1. The number of rotatable bonds is 5.